The predicted octanol–water partition coefficient (Wildman–Crippen LogP) is 2.15. The fourth-order valence-electron chi connectivity index (χ4n) is 1.64. The van der Waals surface area contributed by atoms with Crippen LogP contribution < -0.4 is 5.73 Å². The maximum atomic E-state index is 11.1. The maximum Gasteiger partial charge on any atom is 0.270 e. The van der Waals surface area contributed by atoms with Gasteiger partial charge in [0.1, 0.15) is 5.75 Å². The fourth-order valence-corrected chi connectivity index (χ4v) is 1.64. The highest BCUT2D eigenvalue weighted by molar-refractivity contribution is 5.94. The summed E-state index contributed by atoms with van der Waals surface area (Å²) in [5.41, 5.74) is 5.95. The molecule has 0 atom stereocenters. The van der Waals surface area contributed by atoms with Crippen molar-refractivity contribution in [1.82, 2.24) is 0 Å². The summed E-state index contributed by atoms with van der Waals surface area (Å²) in [6.07, 6.45) is 1.28. The van der Waals surface area contributed by atoms with Crippen LogP contribution in [0.5, 0.6) is 5.75 Å². The van der Waals surface area contributed by atoms with Crippen molar-refractivity contribution in [2.24, 2.45) is 10.7 Å². The van der Waals surface area contributed by atoms with E-state index in [-0.39, 0.29) is 17.0 Å². The Morgan fingerprint density at radius 2 is 2.05 bits per heavy atom. The number of phenolic OH excluding ortho intramolecular Hbond substituents is 1. The van der Waals surface area contributed by atoms with E-state index < -0.39 is 10.8 Å². The van der Waals surface area contributed by atoms with Crippen LogP contribution in [0.25, 0.3) is 0 Å². The summed E-state index contributed by atoms with van der Waals surface area (Å²) in [7, 11) is 0. The van der Waals surface area contributed by atoms with E-state index in [4.69, 9.17) is 5.73 Å². The SMILES string of the molecule is NC(=O)c1cccc(/N=C/c2cc([N+](=O)[O-])ccc2O)c1. The van der Waals surface area contributed by atoms with Crippen LogP contribution in [0.4, 0.5) is 11.4 Å². The van der Waals surface area contributed by atoms with E-state index in [1.54, 1.807) is 18.2 Å². The van der Waals surface area contributed by atoms with Crippen LogP contribution >= 0.6 is 0 Å². The zero-order valence-electron chi connectivity index (χ0n) is 10.8. The van der Waals surface area contributed by atoms with Crippen LogP contribution in [0.2, 0.25) is 0 Å². The minimum atomic E-state index is -0.578. The molecule has 0 heterocycles. The van der Waals surface area contributed by atoms with E-state index in [0.29, 0.717) is 11.3 Å². The molecule has 7 nitrogen and oxygen atoms in total. The van der Waals surface area contributed by atoms with Crippen molar-refractivity contribution in [3.63, 3.8) is 0 Å². The number of benzene rings is 2. The molecule has 0 unspecified atom stereocenters. The molecule has 2 rings (SSSR count). The summed E-state index contributed by atoms with van der Waals surface area (Å²) < 4.78 is 0. The smallest absolute Gasteiger partial charge is 0.270 e. The average Bonchev–Trinajstić information content (AvgIpc) is 2.46. The monoisotopic (exact) mass is 285 g/mol. The van der Waals surface area contributed by atoms with Crippen LogP contribution in [-0.4, -0.2) is 22.2 Å². The topological polar surface area (TPSA) is 119 Å². The number of hydrogen-bond donors (Lipinski definition) is 2. The van der Waals surface area contributed by atoms with Crippen molar-refractivity contribution < 1.29 is 14.8 Å². The van der Waals surface area contributed by atoms with Crippen LogP contribution in [0.3, 0.4) is 0 Å². The Balaban J connectivity index is 2.33. The molecule has 21 heavy (non-hydrogen) atoms. The molecule has 0 radical (unpaired) electrons. The second-order valence-electron chi connectivity index (χ2n) is 4.17. The molecule has 3 N–H and O–H groups in total. The third kappa shape index (κ3) is 3.41. The van der Waals surface area contributed by atoms with Gasteiger partial charge < -0.3 is 10.8 Å². The van der Waals surface area contributed by atoms with E-state index in [1.807, 2.05) is 0 Å². The average molecular weight is 285 g/mol. The summed E-state index contributed by atoms with van der Waals surface area (Å²) in [6.45, 7) is 0. The molecular formula is C14H11N3O4. The summed E-state index contributed by atoms with van der Waals surface area (Å²) in [4.78, 5) is 25.2. The lowest BCUT2D eigenvalue weighted by Crippen LogP contribution is -2.10. The van der Waals surface area contributed by atoms with Crippen LogP contribution in [0.1, 0.15) is 15.9 Å². The van der Waals surface area contributed by atoms with Crippen molar-refractivity contribution in [2.75, 3.05) is 0 Å². The number of primary amides is 1. The number of aromatic hydroxyl groups is 1. The van der Waals surface area contributed by atoms with Gasteiger partial charge in [-0.05, 0) is 24.3 Å². The molecule has 0 fully saturated rings. The molecule has 7 heteroatoms. The molecule has 2 aromatic rings. The second-order valence-corrected chi connectivity index (χ2v) is 4.17. The van der Waals surface area contributed by atoms with E-state index in [0.717, 1.165) is 0 Å². The lowest BCUT2D eigenvalue weighted by molar-refractivity contribution is -0.384. The molecular weight excluding hydrogens is 274 g/mol. The van der Waals surface area contributed by atoms with Crippen molar-refractivity contribution in [1.29, 1.82) is 0 Å². The number of amides is 1. The Hall–Kier alpha value is -3.22. The van der Waals surface area contributed by atoms with Crippen molar-refractivity contribution in [3.8, 4) is 5.75 Å². The van der Waals surface area contributed by atoms with E-state index in [1.165, 1.54) is 30.5 Å². The van der Waals surface area contributed by atoms with Gasteiger partial charge in [0, 0.05) is 29.5 Å². The Labute approximate surface area is 119 Å². The summed E-state index contributed by atoms with van der Waals surface area (Å²) in [5, 5.41) is 20.3. The molecule has 0 aromatic heterocycles. The van der Waals surface area contributed by atoms with E-state index >= 15 is 0 Å². The third-order valence-corrected chi connectivity index (χ3v) is 2.71. The second kappa shape index (κ2) is 5.83. The van der Waals surface area contributed by atoms with Crippen LogP contribution in [0, 0.1) is 10.1 Å². The summed E-state index contributed by atoms with van der Waals surface area (Å²) in [6, 6.07) is 9.90. The van der Waals surface area contributed by atoms with E-state index in [9.17, 15) is 20.0 Å². The minimum Gasteiger partial charge on any atom is -0.507 e. The number of aliphatic imine (C=N–C) groups is 1. The van der Waals surface area contributed by atoms with Gasteiger partial charge >= 0.3 is 0 Å². The highest BCUT2D eigenvalue weighted by Gasteiger charge is 2.08. The minimum absolute atomic E-state index is 0.129. The van der Waals surface area contributed by atoms with Gasteiger partial charge in [-0.2, -0.15) is 0 Å². The Morgan fingerprint density at radius 1 is 1.29 bits per heavy atom. The molecule has 0 bridgehead atoms. The van der Waals surface area contributed by atoms with Crippen molar-refractivity contribution in [3.05, 3.63) is 63.7 Å². The summed E-state index contributed by atoms with van der Waals surface area (Å²) in [5.74, 6) is -0.708. The molecule has 1 amide bonds. The summed E-state index contributed by atoms with van der Waals surface area (Å²) >= 11 is 0. The number of nitro benzene ring substituents is 1. The predicted molar refractivity (Wildman–Crippen MR) is 77.0 cm³/mol. The van der Waals surface area contributed by atoms with Crippen molar-refractivity contribution in [2.45, 2.75) is 0 Å². The largest absolute Gasteiger partial charge is 0.507 e. The van der Waals surface area contributed by atoms with Crippen LogP contribution in [-0.2, 0) is 0 Å². The van der Waals surface area contributed by atoms with Gasteiger partial charge in [-0.15, -0.1) is 0 Å². The first-order valence-corrected chi connectivity index (χ1v) is 5.89. The Kier molecular flexibility index (Phi) is 3.94. The number of carbonyl (C=O) groups is 1. The highest BCUT2D eigenvalue weighted by Crippen LogP contribution is 2.22. The van der Waals surface area contributed by atoms with Crippen LogP contribution in [0.15, 0.2) is 47.5 Å². The number of phenols is 1. The number of hydrogen-bond acceptors (Lipinski definition) is 5. The van der Waals surface area contributed by atoms with Gasteiger partial charge in [0.15, 0.2) is 0 Å². The number of carbonyl (C=O) groups excluding carboxylic acids is 1. The lowest BCUT2D eigenvalue weighted by Gasteiger charge is -2.00. The zero-order chi connectivity index (χ0) is 15.4. The quantitative estimate of drug-likeness (QED) is 0.508. The van der Waals surface area contributed by atoms with E-state index in [2.05, 4.69) is 4.99 Å². The van der Waals surface area contributed by atoms with Gasteiger partial charge in [0.25, 0.3) is 5.69 Å². The number of nitro groups is 1. The lowest BCUT2D eigenvalue weighted by atomic mass is 10.2. The van der Waals surface area contributed by atoms with Gasteiger partial charge in [-0.3, -0.25) is 19.9 Å². The Bertz CT molecular complexity index is 741. The number of nitrogens with zero attached hydrogens (tertiary/aromatic N) is 2. The number of rotatable bonds is 4. The standard InChI is InChI=1S/C14H11N3O4/c15-14(19)9-2-1-3-11(6-9)16-8-10-7-12(17(20)21)4-5-13(10)18/h1-8,18H,(H2,15,19)/b16-8+. The number of non-ortho nitro benzene ring substituents is 1. The molecule has 0 saturated carbocycles. The first-order valence-electron chi connectivity index (χ1n) is 5.89. The normalized spacial score (nSPS) is 10.7. The van der Waals surface area contributed by atoms with Gasteiger partial charge in [0.05, 0.1) is 10.6 Å². The first kappa shape index (κ1) is 14.2. The molecule has 2 aromatic carbocycles. The molecule has 0 spiro atoms. The molecule has 0 aliphatic carbocycles. The molecule has 106 valence electrons. The maximum absolute atomic E-state index is 11.1. The Morgan fingerprint density at radius 3 is 2.71 bits per heavy atom. The molecule has 0 aliphatic heterocycles. The fraction of sp³-hybridized carbons (Fsp3) is 0. The molecule has 0 aliphatic rings. The third-order valence-electron chi connectivity index (χ3n) is 2.71. The zero-order valence-corrected chi connectivity index (χ0v) is 10.8. The van der Waals surface area contributed by atoms with Gasteiger partial charge in [-0.1, -0.05) is 6.07 Å². The van der Waals surface area contributed by atoms with Gasteiger partial charge in [-0.25, -0.2) is 0 Å². The van der Waals surface area contributed by atoms with Gasteiger partial charge in [0.2, 0.25) is 5.91 Å². The highest BCUT2D eigenvalue weighted by atomic mass is 16.6. The molecule has 0 saturated heterocycles. The first-order chi connectivity index (χ1) is 9.97. The van der Waals surface area contributed by atoms with Crippen molar-refractivity contribution >= 4 is 23.5 Å². The number of nitrogens with two attached hydrogens (primary N) is 1.